The summed E-state index contributed by atoms with van der Waals surface area (Å²) in [6.45, 7) is 4.05. The molecule has 2 atom stereocenters. The lowest BCUT2D eigenvalue weighted by Gasteiger charge is -2.21. The van der Waals surface area contributed by atoms with Gasteiger partial charge < -0.3 is 29.0 Å². The van der Waals surface area contributed by atoms with Crippen LogP contribution in [0.15, 0.2) is 18.2 Å². The minimum atomic E-state index is -0.799. The average Bonchev–Trinajstić information content (AvgIpc) is 2.78. The molecular formula is C21H27NO8. The summed E-state index contributed by atoms with van der Waals surface area (Å²) in [4.78, 5) is 35.8. The van der Waals surface area contributed by atoms with Gasteiger partial charge in [0.15, 0.2) is 18.1 Å². The Morgan fingerprint density at radius 3 is 2.60 bits per heavy atom. The normalized spacial score (nSPS) is 14.5. The van der Waals surface area contributed by atoms with Crippen LogP contribution in [0.1, 0.15) is 25.8 Å². The van der Waals surface area contributed by atoms with Crippen molar-refractivity contribution in [1.29, 1.82) is 0 Å². The predicted octanol–water partition coefficient (Wildman–Crippen LogP) is 1.73. The zero-order valence-corrected chi connectivity index (χ0v) is 17.6. The zero-order valence-electron chi connectivity index (χ0n) is 17.6. The van der Waals surface area contributed by atoms with Gasteiger partial charge in [0.05, 0.1) is 14.2 Å². The summed E-state index contributed by atoms with van der Waals surface area (Å²) < 4.78 is 26.0. The summed E-state index contributed by atoms with van der Waals surface area (Å²) >= 11 is 0. The summed E-state index contributed by atoms with van der Waals surface area (Å²) in [5.41, 5.74) is 0.639. The number of hydrogen-bond acceptors (Lipinski definition) is 8. The lowest BCUT2D eigenvalue weighted by Crippen LogP contribution is -2.47. The molecule has 1 aromatic carbocycles. The van der Waals surface area contributed by atoms with E-state index in [0.29, 0.717) is 42.4 Å². The van der Waals surface area contributed by atoms with Crippen LogP contribution in [0.4, 0.5) is 0 Å². The minimum absolute atomic E-state index is 0.123. The monoisotopic (exact) mass is 421 g/mol. The largest absolute Gasteiger partial charge is 0.493 e. The fourth-order valence-corrected chi connectivity index (χ4v) is 2.75. The van der Waals surface area contributed by atoms with Crippen LogP contribution in [0.2, 0.25) is 0 Å². The van der Waals surface area contributed by atoms with E-state index in [-0.39, 0.29) is 5.92 Å². The van der Waals surface area contributed by atoms with Gasteiger partial charge in [0.1, 0.15) is 19.3 Å². The van der Waals surface area contributed by atoms with Crippen LogP contribution in [0, 0.1) is 5.92 Å². The van der Waals surface area contributed by atoms with Crippen LogP contribution in [0.5, 0.6) is 17.2 Å². The van der Waals surface area contributed by atoms with E-state index in [9.17, 15) is 14.4 Å². The Balaban J connectivity index is 1.93. The quantitative estimate of drug-likeness (QED) is 0.474. The molecule has 0 radical (unpaired) electrons. The van der Waals surface area contributed by atoms with E-state index in [0.717, 1.165) is 0 Å². The average molecular weight is 421 g/mol. The number of amides is 1. The standard InChI is InChI=1S/C21H27NO8/c1-5-13(2)19(21(25)27-4)22-17(23)12-30-18(24)7-6-14-10-15(26-3)20-16(11-14)28-8-9-29-20/h6-7,10-11,13,19H,5,8-9,12H2,1-4H3,(H,22,23)/b7-6+/t13-,19+/m0/s1. The number of benzene rings is 1. The van der Waals surface area contributed by atoms with Gasteiger partial charge in [0.25, 0.3) is 5.91 Å². The van der Waals surface area contributed by atoms with Crippen LogP contribution < -0.4 is 19.5 Å². The predicted molar refractivity (Wildman–Crippen MR) is 107 cm³/mol. The number of nitrogens with one attached hydrogen (secondary N) is 1. The molecule has 1 aromatic rings. The second-order valence-electron chi connectivity index (χ2n) is 6.64. The molecule has 30 heavy (non-hydrogen) atoms. The second kappa shape index (κ2) is 11.1. The molecule has 0 bridgehead atoms. The van der Waals surface area contributed by atoms with E-state index in [4.69, 9.17) is 23.7 Å². The molecule has 2 rings (SSSR count). The maximum atomic E-state index is 12.0. The van der Waals surface area contributed by atoms with E-state index in [1.54, 1.807) is 12.1 Å². The Morgan fingerprint density at radius 1 is 1.20 bits per heavy atom. The van der Waals surface area contributed by atoms with E-state index < -0.39 is 30.5 Å². The van der Waals surface area contributed by atoms with Crippen LogP contribution in [0.25, 0.3) is 6.08 Å². The third kappa shape index (κ3) is 6.13. The van der Waals surface area contributed by atoms with Crippen molar-refractivity contribution < 1.29 is 38.1 Å². The number of carbonyl (C=O) groups excluding carboxylic acids is 3. The Bertz CT molecular complexity index is 787. The first-order valence-electron chi connectivity index (χ1n) is 9.59. The smallest absolute Gasteiger partial charge is 0.331 e. The molecule has 9 nitrogen and oxygen atoms in total. The van der Waals surface area contributed by atoms with E-state index >= 15 is 0 Å². The highest BCUT2D eigenvalue weighted by Crippen LogP contribution is 2.40. The zero-order chi connectivity index (χ0) is 22.1. The number of fused-ring (bicyclic) bond motifs is 1. The van der Waals surface area contributed by atoms with Gasteiger partial charge in [0.2, 0.25) is 5.75 Å². The number of rotatable bonds is 9. The van der Waals surface area contributed by atoms with Gasteiger partial charge in [0, 0.05) is 6.08 Å². The molecule has 1 aliphatic rings. The minimum Gasteiger partial charge on any atom is -0.493 e. The molecule has 1 aliphatic heterocycles. The van der Waals surface area contributed by atoms with Gasteiger partial charge in [-0.15, -0.1) is 0 Å². The van der Waals surface area contributed by atoms with Gasteiger partial charge in [-0.3, -0.25) is 4.79 Å². The van der Waals surface area contributed by atoms with Crippen molar-refractivity contribution in [1.82, 2.24) is 5.32 Å². The summed E-state index contributed by atoms with van der Waals surface area (Å²) in [7, 11) is 2.76. The van der Waals surface area contributed by atoms with Gasteiger partial charge >= 0.3 is 11.9 Å². The van der Waals surface area contributed by atoms with Crippen LogP contribution >= 0.6 is 0 Å². The fraction of sp³-hybridized carbons (Fsp3) is 0.476. The van der Waals surface area contributed by atoms with Crippen molar-refractivity contribution in [3.05, 3.63) is 23.8 Å². The highest BCUT2D eigenvalue weighted by atomic mass is 16.6. The van der Waals surface area contributed by atoms with Crippen LogP contribution in [-0.4, -0.2) is 57.9 Å². The Morgan fingerprint density at radius 2 is 1.93 bits per heavy atom. The molecule has 1 amide bonds. The third-order valence-corrected chi connectivity index (χ3v) is 4.59. The molecular weight excluding hydrogens is 394 g/mol. The first kappa shape index (κ1) is 23.1. The number of methoxy groups -OCH3 is 2. The van der Waals surface area contributed by atoms with Crippen LogP contribution in [0.3, 0.4) is 0 Å². The van der Waals surface area contributed by atoms with Crippen molar-refractivity contribution in [2.45, 2.75) is 26.3 Å². The third-order valence-electron chi connectivity index (χ3n) is 4.59. The van der Waals surface area contributed by atoms with Gasteiger partial charge in [-0.2, -0.15) is 0 Å². The molecule has 1 N–H and O–H groups in total. The lowest BCUT2D eigenvalue weighted by molar-refractivity contribution is -0.148. The van der Waals surface area contributed by atoms with Crippen molar-refractivity contribution >= 4 is 23.9 Å². The molecule has 0 spiro atoms. The van der Waals surface area contributed by atoms with Crippen molar-refractivity contribution in [3.63, 3.8) is 0 Å². The molecule has 0 fully saturated rings. The summed E-state index contributed by atoms with van der Waals surface area (Å²) in [6.07, 6.45) is 3.36. The van der Waals surface area contributed by atoms with E-state index in [2.05, 4.69) is 5.32 Å². The summed E-state index contributed by atoms with van der Waals surface area (Å²) in [5.74, 6) is -0.448. The molecule has 1 heterocycles. The highest BCUT2D eigenvalue weighted by molar-refractivity contribution is 5.90. The lowest BCUT2D eigenvalue weighted by atomic mass is 9.99. The van der Waals surface area contributed by atoms with Crippen molar-refractivity contribution in [2.24, 2.45) is 5.92 Å². The van der Waals surface area contributed by atoms with Gasteiger partial charge in [-0.05, 0) is 29.7 Å². The number of carbonyl (C=O) groups is 3. The molecule has 0 aromatic heterocycles. The van der Waals surface area contributed by atoms with Gasteiger partial charge in [-0.25, -0.2) is 9.59 Å². The van der Waals surface area contributed by atoms with E-state index in [1.165, 1.54) is 26.4 Å². The topological polar surface area (TPSA) is 109 Å². The van der Waals surface area contributed by atoms with Crippen molar-refractivity contribution in [3.8, 4) is 17.2 Å². The number of hydrogen-bond donors (Lipinski definition) is 1. The Labute approximate surface area is 175 Å². The van der Waals surface area contributed by atoms with Crippen molar-refractivity contribution in [2.75, 3.05) is 34.0 Å². The molecule has 9 heteroatoms. The number of esters is 2. The van der Waals surface area contributed by atoms with E-state index in [1.807, 2.05) is 13.8 Å². The molecule has 0 aliphatic carbocycles. The Hall–Kier alpha value is -3.23. The summed E-state index contributed by atoms with van der Waals surface area (Å²) in [5, 5.41) is 2.54. The maximum Gasteiger partial charge on any atom is 0.331 e. The number of ether oxygens (including phenoxy) is 5. The maximum absolute atomic E-state index is 12.0. The first-order valence-corrected chi connectivity index (χ1v) is 9.59. The molecule has 0 saturated carbocycles. The highest BCUT2D eigenvalue weighted by Gasteiger charge is 2.26. The van der Waals surface area contributed by atoms with Gasteiger partial charge in [-0.1, -0.05) is 20.3 Å². The molecule has 0 saturated heterocycles. The fourth-order valence-electron chi connectivity index (χ4n) is 2.75. The molecule has 164 valence electrons. The Kier molecular flexibility index (Phi) is 8.52. The molecule has 0 unspecified atom stereocenters. The van der Waals surface area contributed by atoms with Crippen LogP contribution in [-0.2, 0) is 23.9 Å². The summed E-state index contributed by atoms with van der Waals surface area (Å²) in [6, 6.07) is 2.60. The SMILES string of the molecule is CC[C@H](C)[C@@H](NC(=O)COC(=O)/C=C/c1cc(OC)c2c(c1)OCCO2)C(=O)OC. The second-order valence-corrected chi connectivity index (χ2v) is 6.64. The first-order chi connectivity index (χ1) is 14.4.